The zero-order valence-electron chi connectivity index (χ0n) is 15.9. The van der Waals surface area contributed by atoms with Crippen LogP contribution in [0.1, 0.15) is 5.69 Å². The maximum absolute atomic E-state index is 12.7. The van der Waals surface area contributed by atoms with Crippen LogP contribution in [0.15, 0.2) is 46.1 Å². The fraction of sp³-hybridized carbons (Fsp3) is 0.235. The molecule has 0 atom stereocenters. The Labute approximate surface area is 177 Å². The van der Waals surface area contributed by atoms with E-state index in [-0.39, 0.29) is 41.3 Å². The van der Waals surface area contributed by atoms with Gasteiger partial charge in [-0.3, -0.25) is 24.6 Å². The van der Waals surface area contributed by atoms with Crippen molar-refractivity contribution in [2.24, 2.45) is 5.73 Å². The molecule has 162 valence electrons. The first-order valence-electron chi connectivity index (χ1n) is 8.57. The molecule has 0 aliphatic heterocycles. The van der Waals surface area contributed by atoms with E-state index >= 15 is 0 Å². The number of carbonyl (C=O) groups is 1. The van der Waals surface area contributed by atoms with Gasteiger partial charge in [0, 0.05) is 17.3 Å². The minimum absolute atomic E-state index is 0.0404. The van der Waals surface area contributed by atoms with Crippen molar-refractivity contribution in [3.63, 3.8) is 0 Å². The third-order valence-corrected chi connectivity index (χ3v) is 5.35. The Bertz CT molecular complexity index is 1100. The number of carbonyl (C=O) groups excluding carboxylic acids is 1. The van der Waals surface area contributed by atoms with Gasteiger partial charge in [0.05, 0.1) is 11.5 Å². The average molecular weight is 457 g/mol. The molecule has 2 aromatic rings. The van der Waals surface area contributed by atoms with Gasteiger partial charge in [0.15, 0.2) is 0 Å². The fourth-order valence-electron chi connectivity index (χ4n) is 2.35. The maximum Gasteiger partial charge on any atom is 0.275 e. The van der Waals surface area contributed by atoms with Crippen LogP contribution in [0.3, 0.4) is 0 Å². The molecule has 2 rings (SSSR count). The largest absolute Gasteiger partial charge is 0.368 e. The zero-order chi connectivity index (χ0) is 22.3. The lowest BCUT2D eigenvalue weighted by molar-refractivity contribution is -0.122. The van der Waals surface area contributed by atoms with Gasteiger partial charge in [0.2, 0.25) is 11.9 Å². The monoisotopic (exact) mass is 456 g/mol. The molecule has 0 unspecified atom stereocenters. The van der Waals surface area contributed by atoms with E-state index in [9.17, 15) is 18.0 Å². The Kier molecular flexibility index (Phi) is 7.80. The first-order chi connectivity index (χ1) is 14.1. The van der Waals surface area contributed by atoms with Gasteiger partial charge in [0.1, 0.15) is 12.2 Å². The molecule has 0 fully saturated rings. The van der Waals surface area contributed by atoms with Crippen molar-refractivity contribution in [2.45, 2.75) is 18.4 Å². The van der Waals surface area contributed by atoms with Gasteiger partial charge >= 0.3 is 0 Å². The van der Waals surface area contributed by atoms with Crippen molar-refractivity contribution in [1.29, 1.82) is 5.41 Å². The highest BCUT2D eigenvalue weighted by molar-refractivity contribution is 7.92. The molecule has 1 amide bonds. The predicted molar refractivity (Wildman–Crippen MR) is 112 cm³/mol. The minimum Gasteiger partial charge on any atom is -0.368 e. The number of aromatic nitrogens is 1. The number of halogens is 1. The number of nitrogens with one attached hydrogen (secondary N) is 4. The van der Waals surface area contributed by atoms with Gasteiger partial charge in [-0.2, -0.15) is 0 Å². The number of rotatable bonds is 9. The molecule has 1 aromatic carbocycles. The van der Waals surface area contributed by atoms with Gasteiger partial charge in [-0.05, 0) is 37.3 Å². The van der Waals surface area contributed by atoms with Gasteiger partial charge < -0.3 is 15.6 Å². The number of pyridine rings is 1. The van der Waals surface area contributed by atoms with Crippen LogP contribution in [-0.4, -0.2) is 38.0 Å². The fourth-order valence-corrected chi connectivity index (χ4v) is 3.71. The summed E-state index contributed by atoms with van der Waals surface area (Å²) in [7, 11) is -4.04. The van der Waals surface area contributed by atoms with Crippen molar-refractivity contribution in [1.82, 2.24) is 15.4 Å². The van der Waals surface area contributed by atoms with Crippen LogP contribution in [-0.2, 0) is 26.2 Å². The van der Waals surface area contributed by atoms with Crippen LogP contribution in [0.5, 0.6) is 0 Å². The van der Waals surface area contributed by atoms with Crippen LogP contribution < -0.4 is 26.8 Å². The highest BCUT2D eigenvalue weighted by Crippen LogP contribution is 2.18. The molecule has 0 radical (unpaired) electrons. The Morgan fingerprint density at radius 1 is 1.30 bits per heavy atom. The first kappa shape index (κ1) is 23.2. The van der Waals surface area contributed by atoms with E-state index in [0.29, 0.717) is 5.69 Å². The molecule has 30 heavy (non-hydrogen) atoms. The second-order valence-electron chi connectivity index (χ2n) is 6.06. The lowest BCUT2D eigenvalue weighted by atomic mass is 10.3. The third-order valence-electron chi connectivity index (χ3n) is 3.75. The summed E-state index contributed by atoms with van der Waals surface area (Å²) in [5.41, 5.74) is 6.74. The number of hydroxylamine groups is 1. The summed E-state index contributed by atoms with van der Waals surface area (Å²) in [6, 6.07) is 8.45. The summed E-state index contributed by atoms with van der Waals surface area (Å²) in [6.45, 7) is 1.44. The first-order valence-corrected chi connectivity index (χ1v) is 10.4. The van der Waals surface area contributed by atoms with E-state index in [1.165, 1.54) is 36.4 Å². The number of guanidine groups is 1. The van der Waals surface area contributed by atoms with Crippen LogP contribution in [0.4, 0.5) is 5.69 Å². The highest BCUT2D eigenvalue weighted by atomic mass is 35.5. The summed E-state index contributed by atoms with van der Waals surface area (Å²) in [5.74, 6) is -0.859. The topological polar surface area (TPSA) is 168 Å². The van der Waals surface area contributed by atoms with E-state index in [1.807, 2.05) is 0 Å². The Morgan fingerprint density at radius 2 is 2.03 bits per heavy atom. The van der Waals surface area contributed by atoms with Crippen molar-refractivity contribution < 1.29 is 18.0 Å². The Morgan fingerprint density at radius 3 is 2.70 bits per heavy atom. The van der Waals surface area contributed by atoms with Crippen LogP contribution in [0, 0.1) is 12.3 Å². The number of nitrogens with two attached hydrogens (primary N) is 1. The molecule has 0 bridgehead atoms. The Balaban J connectivity index is 2.10. The lowest BCUT2D eigenvalue weighted by Gasteiger charge is -2.14. The average Bonchev–Trinajstić information content (AvgIpc) is 2.67. The smallest absolute Gasteiger partial charge is 0.275 e. The van der Waals surface area contributed by atoms with Crippen LogP contribution >= 0.6 is 11.6 Å². The minimum atomic E-state index is -4.04. The summed E-state index contributed by atoms with van der Waals surface area (Å²) in [6.07, 6.45) is 0. The van der Waals surface area contributed by atoms with Gasteiger partial charge in [-0.15, -0.1) is 0 Å². The second-order valence-corrected chi connectivity index (χ2v) is 8.18. The number of anilines is 1. The molecular weight excluding hydrogens is 436 g/mol. The maximum atomic E-state index is 12.7. The summed E-state index contributed by atoms with van der Waals surface area (Å²) < 4.78 is 28.4. The van der Waals surface area contributed by atoms with Crippen molar-refractivity contribution >= 4 is 39.2 Å². The Hall–Kier alpha value is -3.09. The molecule has 0 saturated heterocycles. The summed E-state index contributed by atoms with van der Waals surface area (Å²) in [5, 5.41) is 9.68. The van der Waals surface area contributed by atoms with Gasteiger partial charge in [-0.1, -0.05) is 17.7 Å². The molecule has 1 aromatic heterocycles. The number of amides is 1. The van der Waals surface area contributed by atoms with E-state index in [4.69, 9.17) is 27.6 Å². The standard InChI is InChI=1S/C17H21ClN6O5S/c1-11-5-6-14(23-30(27,28)13-4-2-3-12(18)9-13)16(26)24(11)10-15(25)21-7-8-29-22-17(19)20/h2-6,9,23H,7-8,10H2,1H3,(H,21,25)(H4,19,20,22). The third kappa shape index (κ3) is 6.47. The molecule has 11 nitrogen and oxygen atoms in total. The van der Waals surface area contributed by atoms with Gasteiger partial charge in [0.25, 0.3) is 15.6 Å². The number of benzene rings is 1. The zero-order valence-corrected chi connectivity index (χ0v) is 17.5. The number of sulfonamides is 1. The molecule has 0 aliphatic rings. The molecule has 0 saturated carbocycles. The molecule has 6 N–H and O–H groups in total. The predicted octanol–water partition coefficient (Wildman–Crippen LogP) is 0.142. The van der Waals surface area contributed by atoms with Crippen molar-refractivity contribution in [3.05, 3.63) is 57.5 Å². The molecule has 13 heteroatoms. The summed E-state index contributed by atoms with van der Waals surface area (Å²) in [4.78, 5) is 29.5. The molecule has 0 spiro atoms. The van der Waals surface area contributed by atoms with Crippen molar-refractivity contribution in [3.8, 4) is 0 Å². The highest BCUT2D eigenvalue weighted by Gasteiger charge is 2.18. The SMILES string of the molecule is Cc1ccc(NS(=O)(=O)c2cccc(Cl)c2)c(=O)n1CC(=O)NCCONC(=N)N. The van der Waals surface area contributed by atoms with Crippen molar-refractivity contribution in [2.75, 3.05) is 17.9 Å². The normalized spacial score (nSPS) is 11.0. The number of aryl methyl sites for hydroxylation is 1. The van der Waals surface area contributed by atoms with E-state index in [2.05, 4.69) is 15.5 Å². The van der Waals surface area contributed by atoms with Crippen LogP contribution in [0.25, 0.3) is 0 Å². The van der Waals surface area contributed by atoms with E-state index in [1.54, 1.807) is 6.92 Å². The molecular formula is C17H21ClN6O5S. The van der Waals surface area contributed by atoms with Gasteiger partial charge in [-0.25, -0.2) is 13.9 Å². The molecule has 1 heterocycles. The number of hydrogen-bond donors (Lipinski definition) is 5. The summed E-state index contributed by atoms with van der Waals surface area (Å²) >= 11 is 5.83. The number of hydrogen-bond acceptors (Lipinski definition) is 6. The number of nitrogens with zero attached hydrogens (tertiary/aromatic N) is 1. The van der Waals surface area contributed by atoms with E-state index in [0.717, 1.165) is 4.57 Å². The lowest BCUT2D eigenvalue weighted by Crippen LogP contribution is -2.37. The second kappa shape index (κ2) is 10.1. The van der Waals surface area contributed by atoms with E-state index < -0.39 is 21.5 Å². The quantitative estimate of drug-likeness (QED) is 0.155. The van der Waals surface area contributed by atoms with Crippen LogP contribution in [0.2, 0.25) is 5.02 Å². The molecule has 0 aliphatic carbocycles.